The summed E-state index contributed by atoms with van der Waals surface area (Å²) in [6, 6.07) is 0. The second-order valence-electron chi connectivity index (χ2n) is 2.32. The van der Waals surface area contributed by atoms with E-state index in [-0.39, 0.29) is 11.7 Å². The van der Waals surface area contributed by atoms with Gasteiger partial charge in [-0.2, -0.15) is 0 Å². The monoisotopic (exact) mass is 170 g/mol. The summed E-state index contributed by atoms with van der Waals surface area (Å²) < 4.78 is 0. The minimum Gasteiger partial charge on any atom is -0.299 e. The van der Waals surface area contributed by atoms with Crippen LogP contribution in [0.3, 0.4) is 0 Å². The molecule has 0 aliphatic rings. The summed E-state index contributed by atoms with van der Waals surface area (Å²) in [4.78, 5) is 11.1. The average Bonchev–Trinajstić information content (AvgIpc) is 2.53. The fourth-order valence-electron chi connectivity index (χ4n) is 0.814. The van der Waals surface area contributed by atoms with Crippen LogP contribution in [0.1, 0.15) is 31.2 Å². The Balaban J connectivity index is 2.70. The molecule has 0 saturated heterocycles. The Morgan fingerprint density at radius 3 is 3.00 bits per heavy atom. The molecule has 1 unspecified atom stereocenters. The second kappa shape index (κ2) is 3.57. The fourth-order valence-corrected chi connectivity index (χ4v) is 1.45. The predicted molar refractivity (Wildman–Crippen MR) is 43.6 cm³/mol. The van der Waals surface area contributed by atoms with Crippen molar-refractivity contribution in [3.05, 3.63) is 10.5 Å². The summed E-state index contributed by atoms with van der Waals surface area (Å²) >= 11 is 1.43. The molecule has 0 radical (unpaired) electrons. The first-order valence-corrected chi connectivity index (χ1v) is 4.42. The van der Waals surface area contributed by atoms with Crippen LogP contribution in [0.25, 0.3) is 0 Å². The van der Waals surface area contributed by atoms with Gasteiger partial charge in [0.25, 0.3) is 0 Å². The highest BCUT2D eigenvalue weighted by Gasteiger charge is 2.15. The third-order valence-electron chi connectivity index (χ3n) is 1.58. The number of hydrogen-bond acceptors (Lipinski definition) is 4. The molecule has 1 aromatic rings. The molecule has 11 heavy (non-hydrogen) atoms. The Hall–Kier alpha value is -0.770. The van der Waals surface area contributed by atoms with Gasteiger partial charge in [0.05, 0.1) is 5.92 Å². The van der Waals surface area contributed by atoms with Crippen molar-refractivity contribution in [1.82, 2.24) is 10.2 Å². The first-order valence-electron chi connectivity index (χ1n) is 3.54. The van der Waals surface area contributed by atoms with Crippen LogP contribution in [-0.4, -0.2) is 16.0 Å². The zero-order valence-electron chi connectivity index (χ0n) is 6.57. The molecule has 1 atom stereocenters. The van der Waals surface area contributed by atoms with Gasteiger partial charge in [0.15, 0.2) is 0 Å². The molecule has 0 aliphatic carbocycles. The van der Waals surface area contributed by atoms with Crippen molar-refractivity contribution in [2.45, 2.75) is 26.2 Å². The maximum atomic E-state index is 11.1. The SMILES string of the molecule is CCC(=O)C(C)c1nncs1. The van der Waals surface area contributed by atoms with E-state index >= 15 is 0 Å². The van der Waals surface area contributed by atoms with Gasteiger partial charge in [0.2, 0.25) is 0 Å². The van der Waals surface area contributed by atoms with Gasteiger partial charge in [0.1, 0.15) is 16.3 Å². The van der Waals surface area contributed by atoms with Crippen LogP contribution in [0, 0.1) is 0 Å². The van der Waals surface area contributed by atoms with E-state index in [0.29, 0.717) is 6.42 Å². The molecule has 0 fully saturated rings. The molecule has 0 spiro atoms. The number of carbonyl (C=O) groups excluding carboxylic acids is 1. The van der Waals surface area contributed by atoms with Crippen LogP contribution in [0.2, 0.25) is 0 Å². The van der Waals surface area contributed by atoms with Crippen LogP contribution in [0.4, 0.5) is 0 Å². The quantitative estimate of drug-likeness (QED) is 0.692. The second-order valence-corrected chi connectivity index (χ2v) is 3.18. The number of aromatic nitrogens is 2. The molecule has 60 valence electrons. The summed E-state index contributed by atoms with van der Waals surface area (Å²) in [6.45, 7) is 3.73. The van der Waals surface area contributed by atoms with E-state index in [0.717, 1.165) is 5.01 Å². The lowest BCUT2D eigenvalue weighted by Crippen LogP contribution is -2.06. The van der Waals surface area contributed by atoms with E-state index in [1.165, 1.54) is 11.3 Å². The maximum absolute atomic E-state index is 11.1. The van der Waals surface area contributed by atoms with Crippen LogP contribution >= 0.6 is 11.3 Å². The van der Waals surface area contributed by atoms with Crippen molar-refractivity contribution in [2.75, 3.05) is 0 Å². The zero-order chi connectivity index (χ0) is 8.27. The van der Waals surface area contributed by atoms with Gasteiger partial charge in [-0.3, -0.25) is 4.79 Å². The van der Waals surface area contributed by atoms with Crippen molar-refractivity contribution in [1.29, 1.82) is 0 Å². The summed E-state index contributed by atoms with van der Waals surface area (Å²) in [5.41, 5.74) is 1.65. The molecule has 0 saturated carbocycles. The van der Waals surface area contributed by atoms with Crippen molar-refractivity contribution in [2.24, 2.45) is 0 Å². The van der Waals surface area contributed by atoms with Gasteiger partial charge in [0, 0.05) is 6.42 Å². The van der Waals surface area contributed by atoms with E-state index in [9.17, 15) is 4.79 Å². The van der Waals surface area contributed by atoms with Gasteiger partial charge in [-0.1, -0.05) is 6.92 Å². The number of ketones is 1. The van der Waals surface area contributed by atoms with E-state index in [4.69, 9.17) is 0 Å². The Labute approximate surface area is 69.5 Å². The molecule has 0 bridgehead atoms. The van der Waals surface area contributed by atoms with E-state index in [1.807, 2.05) is 13.8 Å². The van der Waals surface area contributed by atoms with Crippen LogP contribution < -0.4 is 0 Å². The first kappa shape index (κ1) is 8.33. The topological polar surface area (TPSA) is 42.9 Å². The summed E-state index contributed by atoms with van der Waals surface area (Å²) in [6.07, 6.45) is 0.570. The predicted octanol–water partition coefficient (Wildman–Crippen LogP) is 1.62. The lowest BCUT2D eigenvalue weighted by molar-refractivity contribution is -0.119. The molecule has 0 N–H and O–H groups in total. The van der Waals surface area contributed by atoms with Gasteiger partial charge in [-0.15, -0.1) is 21.5 Å². The van der Waals surface area contributed by atoms with Crippen LogP contribution in [0.5, 0.6) is 0 Å². The average molecular weight is 170 g/mol. The number of nitrogens with zero attached hydrogens (tertiary/aromatic N) is 2. The molecule has 0 aliphatic heterocycles. The third-order valence-corrected chi connectivity index (χ3v) is 2.46. The smallest absolute Gasteiger partial charge is 0.142 e. The van der Waals surface area contributed by atoms with Crippen LogP contribution in [0.15, 0.2) is 5.51 Å². The Bertz CT molecular complexity index is 233. The van der Waals surface area contributed by atoms with E-state index < -0.39 is 0 Å². The molecular weight excluding hydrogens is 160 g/mol. The largest absolute Gasteiger partial charge is 0.299 e. The highest BCUT2D eigenvalue weighted by atomic mass is 32.1. The van der Waals surface area contributed by atoms with E-state index in [1.54, 1.807) is 5.51 Å². The fraction of sp³-hybridized carbons (Fsp3) is 0.571. The number of hydrogen-bond donors (Lipinski definition) is 0. The van der Waals surface area contributed by atoms with Gasteiger partial charge < -0.3 is 0 Å². The lowest BCUT2D eigenvalue weighted by atomic mass is 10.1. The molecule has 4 heteroatoms. The minimum atomic E-state index is -0.0764. The number of carbonyl (C=O) groups is 1. The van der Waals surface area contributed by atoms with Crippen molar-refractivity contribution < 1.29 is 4.79 Å². The lowest BCUT2D eigenvalue weighted by Gasteiger charge is -2.02. The third kappa shape index (κ3) is 1.83. The molecule has 1 rings (SSSR count). The molecule has 1 aromatic heterocycles. The molecule has 1 heterocycles. The zero-order valence-corrected chi connectivity index (χ0v) is 7.39. The normalized spacial score (nSPS) is 12.9. The van der Waals surface area contributed by atoms with Crippen molar-refractivity contribution in [3.8, 4) is 0 Å². The number of Topliss-reactive ketones (excluding diaryl/α,β-unsaturated/α-hetero) is 1. The summed E-state index contributed by atoms with van der Waals surface area (Å²) in [5, 5.41) is 8.33. The van der Waals surface area contributed by atoms with Crippen molar-refractivity contribution >= 4 is 17.1 Å². The number of rotatable bonds is 3. The Morgan fingerprint density at radius 2 is 2.55 bits per heavy atom. The highest BCUT2D eigenvalue weighted by molar-refractivity contribution is 7.09. The minimum absolute atomic E-state index is 0.0764. The van der Waals surface area contributed by atoms with Gasteiger partial charge in [-0.25, -0.2) is 0 Å². The van der Waals surface area contributed by atoms with Crippen molar-refractivity contribution in [3.63, 3.8) is 0 Å². The first-order chi connectivity index (χ1) is 5.25. The molecular formula is C7H10N2OS. The van der Waals surface area contributed by atoms with E-state index in [2.05, 4.69) is 10.2 Å². The molecule has 0 amide bonds. The van der Waals surface area contributed by atoms with Gasteiger partial charge >= 0.3 is 0 Å². The molecule has 0 aromatic carbocycles. The Kier molecular flexibility index (Phi) is 2.70. The summed E-state index contributed by atoms with van der Waals surface area (Å²) in [7, 11) is 0. The standard InChI is InChI=1S/C7H10N2OS/c1-3-6(10)5(2)7-9-8-4-11-7/h4-5H,3H2,1-2H3. The molecule has 3 nitrogen and oxygen atoms in total. The van der Waals surface area contributed by atoms with Gasteiger partial charge in [-0.05, 0) is 6.92 Å². The summed E-state index contributed by atoms with van der Waals surface area (Å²) in [5.74, 6) is 0.147. The Morgan fingerprint density at radius 1 is 1.82 bits per heavy atom. The maximum Gasteiger partial charge on any atom is 0.142 e. The van der Waals surface area contributed by atoms with Crippen LogP contribution in [-0.2, 0) is 4.79 Å². The highest BCUT2D eigenvalue weighted by Crippen LogP contribution is 2.17.